The van der Waals surface area contributed by atoms with Gasteiger partial charge in [0.05, 0.1) is 24.5 Å². The van der Waals surface area contributed by atoms with Crippen molar-refractivity contribution in [3.8, 4) is 5.75 Å². The summed E-state index contributed by atoms with van der Waals surface area (Å²) in [6, 6.07) is 11.2. The summed E-state index contributed by atoms with van der Waals surface area (Å²) in [6.07, 6.45) is 4.88. The molecule has 1 aliphatic carbocycles. The van der Waals surface area contributed by atoms with E-state index < -0.39 is 13.0 Å². The number of para-hydroxylation sites is 1. The number of phenolic OH excluding ortho intramolecular Hbond substituents is 1. The fourth-order valence-corrected chi connectivity index (χ4v) is 7.22. The minimum Gasteiger partial charge on any atom is -0.507 e. The first-order valence-corrected chi connectivity index (χ1v) is 14.6. The van der Waals surface area contributed by atoms with Gasteiger partial charge in [0.1, 0.15) is 5.75 Å². The van der Waals surface area contributed by atoms with Gasteiger partial charge in [0.15, 0.2) is 0 Å². The Labute approximate surface area is 229 Å². The largest absolute Gasteiger partial charge is 0.507 e. The zero-order chi connectivity index (χ0) is 27.0. The number of rotatable bonds is 8. The van der Waals surface area contributed by atoms with Gasteiger partial charge in [-0.3, -0.25) is 14.5 Å². The molecular formula is C30H36BNO5S. The first-order valence-electron chi connectivity index (χ1n) is 13.7. The van der Waals surface area contributed by atoms with Crippen molar-refractivity contribution in [2.24, 2.45) is 23.7 Å². The molecule has 0 saturated carbocycles. The van der Waals surface area contributed by atoms with E-state index >= 15 is 0 Å². The summed E-state index contributed by atoms with van der Waals surface area (Å²) in [7, 11) is -0.970. The molecule has 0 radical (unpaired) electrons. The summed E-state index contributed by atoms with van der Waals surface area (Å²) >= 11 is 1.55. The van der Waals surface area contributed by atoms with Gasteiger partial charge in [-0.2, -0.15) is 0 Å². The number of benzene rings is 1. The Balaban J connectivity index is 1.42. The quantitative estimate of drug-likeness (QED) is 0.259. The van der Waals surface area contributed by atoms with Gasteiger partial charge in [0.2, 0.25) is 11.8 Å². The van der Waals surface area contributed by atoms with Gasteiger partial charge in [-0.15, -0.1) is 11.3 Å². The van der Waals surface area contributed by atoms with Gasteiger partial charge in [-0.05, 0) is 66.9 Å². The molecule has 2 N–H and O–H groups in total. The number of allylic oxidation sites excluding steroid dienone is 2. The van der Waals surface area contributed by atoms with Crippen LogP contribution in [0.4, 0.5) is 0 Å². The summed E-state index contributed by atoms with van der Waals surface area (Å²) in [4.78, 5) is 29.6. The number of carbonyl (C=O) groups is 2. The maximum Gasteiger partial charge on any atom is 0.455 e. The molecule has 200 valence electrons. The van der Waals surface area contributed by atoms with Crippen LogP contribution in [0.2, 0.25) is 6.32 Å². The van der Waals surface area contributed by atoms with Crippen molar-refractivity contribution < 1.29 is 24.4 Å². The lowest BCUT2D eigenvalue weighted by molar-refractivity contribution is -0.140. The monoisotopic (exact) mass is 533 g/mol. The Morgan fingerprint density at radius 1 is 1.18 bits per heavy atom. The van der Waals surface area contributed by atoms with Crippen LogP contribution >= 0.6 is 11.3 Å². The van der Waals surface area contributed by atoms with E-state index in [-0.39, 0.29) is 41.4 Å². The molecular weight excluding hydrogens is 497 g/mol. The molecule has 38 heavy (non-hydrogen) atoms. The van der Waals surface area contributed by atoms with Crippen molar-refractivity contribution in [3.63, 3.8) is 0 Å². The minimum absolute atomic E-state index is 0.0815. The zero-order valence-corrected chi connectivity index (χ0v) is 23.1. The Hall–Kier alpha value is -2.68. The highest BCUT2D eigenvalue weighted by atomic mass is 32.1. The Bertz CT molecular complexity index is 1250. The summed E-state index contributed by atoms with van der Waals surface area (Å²) in [5.41, 5.74) is 4.30. The lowest BCUT2D eigenvalue weighted by Crippen LogP contribution is -2.46. The second-order valence-corrected chi connectivity index (χ2v) is 12.0. The van der Waals surface area contributed by atoms with Crippen molar-refractivity contribution in [2.45, 2.75) is 65.4 Å². The normalized spacial score (nSPS) is 25.9. The molecule has 0 spiro atoms. The zero-order valence-electron chi connectivity index (χ0n) is 22.3. The first-order chi connectivity index (χ1) is 18.3. The molecule has 1 aromatic carbocycles. The summed E-state index contributed by atoms with van der Waals surface area (Å²) in [5.74, 6) is -0.733. The lowest BCUT2D eigenvalue weighted by Gasteiger charge is -2.44. The third-order valence-electron chi connectivity index (χ3n) is 8.40. The average molecular weight is 533 g/mol. The molecule has 3 heterocycles. The maximum atomic E-state index is 13.7. The number of fused-ring (bicyclic) bond motifs is 3. The number of likely N-dealkylation sites (tertiary alicyclic amines) is 1. The maximum absolute atomic E-state index is 13.7. The highest BCUT2D eigenvalue weighted by Crippen LogP contribution is 2.52. The Morgan fingerprint density at radius 3 is 2.66 bits per heavy atom. The Morgan fingerprint density at radius 2 is 1.97 bits per heavy atom. The number of nitrogens with zero attached hydrogens (tertiary/aromatic N) is 1. The summed E-state index contributed by atoms with van der Waals surface area (Å²) in [5, 5.41) is 23.0. The molecule has 4 atom stereocenters. The van der Waals surface area contributed by atoms with Crippen molar-refractivity contribution in [1.29, 1.82) is 0 Å². The second-order valence-electron chi connectivity index (χ2n) is 11.0. The van der Waals surface area contributed by atoms with Gasteiger partial charge in [0, 0.05) is 10.4 Å². The van der Waals surface area contributed by atoms with Gasteiger partial charge >= 0.3 is 7.12 Å². The molecule has 8 heteroatoms. The smallest absolute Gasteiger partial charge is 0.455 e. The summed E-state index contributed by atoms with van der Waals surface area (Å²) < 4.78 is 6.14. The van der Waals surface area contributed by atoms with Gasteiger partial charge < -0.3 is 14.8 Å². The average Bonchev–Trinajstić information content (AvgIpc) is 3.49. The van der Waals surface area contributed by atoms with Crippen LogP contribution in [0.1, 0.15) is 56.9 Å². The van der Waals surface area contributed by atoms with Crippen LogP contribution in [0.25, 0.3) is 6.08 Å². The standard InChI is InChI=1S/C30H36BNO5S/c1-4-19(14-20-8-5-6-10-25(20)33)11-12-26-27-22(18(2)3)15-23-28(24(27)16-31(36)37-26)30(35)32(29(23)34)17-21-9-7-13-38-21/h5-10,13-14,18,23-24,26,28,33,36H,4,11-12,15-17H2,1-3H3/b19-14+/t23-,24+,26-,28-/m1/s1. The van der Waals surface area contributed by atoms with Gasteiger partial charge in [0.25, 0.3) is 0 Å². The van der Waals surface area contributed by atoms with E-state index in [4.69, 9.17) is 4.65 Å². The highest BCUT2D eigenvalue weighted by molar-refractivity contribution is 7.09. The third kappa shape index (κ3) is 5.14. The highest BCUT2D eigenvalue weighted by Gasteiger charge is 2.57. The fourth-order valence-electron chi connectivity index (χ4n) is 6.53. The van der Waals surface area contributed by atoms with E-state index in [2.05, 4.69) is 20.8 Å². The molecule has 2 fully saturated rings. The first kappa shape index (κ1) is 26.9. The lowest BCUT2D eigenvalue weighted by atomic mass is 9.57. The van der Waals surface area contributed by atoms with Crippen LogP contribution in [0, 0.1) is 23.7 Å². The number of hydrogen-bond acceptors (Lipinski definition) is 6. The molecule has 0 bridgehead atoms. The van der Waals surface area contributed by atoms with Gasteiger partial charge in [-0.1, -0.05) is 62.3 Å². The second kappa shape index (κ2) is 11.2. The molecule has 2 aromatic rings. The van der Waals surface area contributed by atoms with Crippen LogP contribution < -0.4 is 0 Å². The number of imide groups is 1. The van der Waals surface area contributed by atoms with E-state index in [0.29, 0.717) is 25.7 Å². The van der Waals surface area contributed by atoms with Crippen LogP contribution in [0.3, 0.4) is 0 Å². The molecule has 0 unspecified atom stereocenters. The van der Waals surface area contributed by atoms with E-state index in [1.54, 1.807) is 17.4 Å². The predicted molar refractivity (Wildman–Crippen MR) is 150 cm³/mol. The van der Waals surface area contributed by atoms with Crippen LogP contribution in [-0.4, -0.2) is 40.1 Å². The SMILES string of the molecule is CC/C(=C\c1ccccc1O)CC[C@H]1OB(O)C[C@H]2C1=C(C(C)C)C[C@H]1C(=O)N(Cc3cccs3)C(=O)[C@H]12. The number of aromatic hydroxyl groups is 1. The number of hydrogen-bond donors (Lipinski definition) is 2. The van der Waals surface area contributed by atoms with Crippen LogP contribution in [-0.2, 0) is 20.8 Å². The van der Waals surface area contributed by atoms with Crippen LogP contribution in [0.5, 0.6) is 5.75 Å². The molecule has 1 aromatic heterocycles. The van der Waals surface area contributed by atoms with Crippen LogP contribution in [0.15, 0.2) is 58.5 Å². The topological polar surface area (TPSA) is 87.1 Å². The van der Waals surface area contributed by atoms with Crippen molar-refractivity contribution in [1.82, 2.24) is 4.90 Å². The number of amides is 2. The van der Waals surface area contributed by atoms with Crippen molar-refractivity contribution in [2.75, 3.05) is 0 Å². The molecule has 3 aliphatic rings. The van der Waals surface area contributed by atoms with E-state index in [9.17, 15) is 19.7 Å². The molecule has 6 nitrogen and oxygen atoms in total. The number of phenols is 1. The molecule has 2 saturated heterocycles. The minimum atomic E-state index is -0.970. The molecule has 5 rings (SSSR count). The summed E-state index contributed by atoms with van der Waals surface area (Å²) in [6.45, 7) is 6.70. The van der Waals surface area contributed by atoms with E-state index in [1.807, 2.05) is 41.8 Å². The van der Waals surface area contributed by atoms with E-state index in [1.165, 1.54) is 16.0 Å². The molecule has 2 amide bonds. The van der Waals surface area contributed by atoms with Crippen molar-refractivity contribution >= 4 is 36.3 Å². The number of thiophene rings is 1. The fraction of sp³-hybridized carbons (Fsp3) is 0.467. The predicted octanol–water partition coefficient (Wildman–Crippen LogP) is 5.68. The number of carbonyl (C=O) groups excluding carboxylic acids is 2. The van der Waals surface area contributed by atoms with Gasteiger partial charge in [-0.25, -0.2) is 0 Å². The van der Waals surface area contributed by atoms with E-state index in [0.717, 1.165) is 28.9 Å². The molecule has 2 aliphatic heterocycles. The Kier molecular flexibility index (Phi) is 7.94. The third-order valence-corrected chi connectivity index (χ3v) is 9.27. The van der Waals surface area contributed by atoms with Crippen molar-refractivity contribution in [3.05, 3.63) is 68.9 Å².